The van der Waals surface area contributed by atoms with Crippen molar-refractivity contribution in [3.8, 4) is 11.8 Å². The van der Waals surface area contributed by atoms with Crippen LogP contribution in [0, 0.1) is 17.8 Å². The predicted octanol–water partition coefficient (Wildman–Crippen LogP) is 4.08. The van der Waals surface area contributed by atoms with Gasteiger partial charge >= 0.3 is 6.09 Å². The van der Waals surface area contributed by atoms with Gasteiger partial charge in [-0.25, -0.2) is 9.78 Å². The Bertz CT molecular complexity index is 684. The molecule has 7 heteroatoms. The molecular weight excluding hydrogens is 394 g/mol. The normalized spacial score (nSPS) is 15.6. The summed E-state index contributed by atoms with van der Waals surface area (Å²) >= 11 is 9.41. The summed E-state index contributed by atoms with van der Waals surface area (Å²) in [5, 5.41) is 0.480. The maximum atomic E-state index is 12.0. The molecule has 5 nitrogen and oxygen atoms in total. The van der Waals surface area contributed by atoms with Crippen LogP contribution in [-0.2, 0) is 4.74 Å². The van der Waals surface area contributed by atoms with Gasteiger partial charge in [-0.05, 0) is 49.5 Å². The van der Waals surface area contributed by atoms with E-state index in [4.69, 9.17) is 22.1 Å². The first-order valence-corrected chi connectivity index (χ1v) is 8.93. The molecule has 0 unspecified atom stereocenters. The zero-order valence-corrected chi connectivity index (χ0v) is 16.4. The van der Waals surface area contributed by atoms with E-state index in [2.05, 4.69) is 32.8 Å². The van der Waals surface area contributed by atoms with Crippen LogP contribution in [-0.4, -0.2) is 34.7 Å². The van der Waals surface area contributed by atoms with Crippen molar-refractivity contribution in [3.05, 3.63) is 21.3 Å². The Morgan fingerprint density at radius 1 is 1.46 bits per heavy atom. The third-order valence-corrected chi connectivity index (χ3v) is 4.89. The molecule has 1 aromatic rings. The Kier molecular flexibility index (Phi) is 6.00. The number of nitrogen functional groups attached to an aromatic ring is 1. The molecule has 0 radical (unpaired) electrons. The number of halogens is 2. The molecule has 0 bridgehead atoms. The number of pyridine rings is 1. The van der Waals surface area contributed by atoms with Crippen molar-refractivity contribution in [1.29, 1.82) is 0 Å². The van der Waals surface area contributed by atoms with E-state index in [0.29, 0.717) is 34.0 Å². The minimum absolute atomic E-state index is 0.203. The summed E-state index contributed by atoms with van der Waals surface area (Å²) in [5.41, 5.74) is 5.99. The largest absolute Gasteiger partial charge is 0.444 e. The standard InChI is InChI=1S/C17H21BrClN3O2/c1-17(2,3)24-16(23)22-8-6-11(7-9-22)4-5-12-14(18)13(19)10-21-15(12)20/h10-11H,6-9H2,1-3H3,(H2,20,21). The minimum Gasteiger partial charge on any atom is -0.444 e. The van der Waals surface area contributed by atoms with E-state index in [1.54, 1.807) is 4.90 Å². The molecule has 2 N–H and O–H groups in total. The van der Waals surface area contributed by atoms with E-state index >= 15 is 0 Å². The summed E-state index contributed by atoms with van der Waals surface area (Å²) in [5.74, 6) is 6.84. The van der Waals surface area contributed by atoms with Crippen LogP contribution in [0.25, 0.3) is 0 Å². The van der Waals surface area contributed by atoms with Gasteiger partial charge in [0, 0.05) is 25.2 Å². The van der Waals surface area contributed by atoms with Crippen LogP contribution in [0.15, 0.2) is 10.7 Å². The van der Waals surface area contributed by atoms with Crippen LogP contribution in [0.4, 0.5) is 10.6 Å². The number of nitrogens with two attached hydrogens (primary N) is 1. The number of nitrogens with zero attached hydrogens (tertiary/aromatic N) is 2. The van der Waals surface area contributed by atoms with Gasteiger partial charge in [0.2, 0.25) is 0 Å². The molecule has 24 heavy (non-hydrogen) atoms. The van der Waals surface area contributed by atoms with Crippen molar-refractivity contribution in [2.45, 2.75) is 39.2 Å². The highest BCUT2D eigenvalue weighted by atomic mass is 79.9. The first kappa shape index (κ1) is 18.9. The van der Waals surface area contributed by atoms with Gasteiger partial charge in [0.1, 0.15) is 11.4 Å². The fraction of sp³-hybridized carbons (Fsp3) is 0.529. The van der Waals surface area contributed by atoms with Crippen molar-refractivity contribution in [2.75, 3.05) is 18.8 Å². The number of piperidine rings is 1. The zero-order valence-electron chi connectivity index (χ0n) is 14.0. The highest BCUT2D eigenvalue weighted by Gasteiger charge is 2.26. The third-order valence-electron chi connectivity index (χ3n) is 3.55. The van der Waals surface area contributed by atoms with Gasteiger partial charge in [0.25, 0.3) is 0 Å². The maximum Gasteiger partial charge on any atom is 0.410 e. The van der Waals surface area contributed by atoms with Crippen molar-refractivity contribution in [1.82, 2.24) is 9.88 Å². The fourth-order valence-electron chi connectivity index (χ4n) is 2.31. The molecule has 0 saturated carbocycles. The summed E-state index contributed by atoms with van der Waals surface area (Å²) < 4.78 is 6.05. The van der Waals surface area contributed by atoms with Crippen LogP contribution < -0.4 is 5.73 Å². The van der Waals surface area contributed by atoms with E-state index in [-0.39, 0.29) is 12.0 Å². The number of carbonyl (C=O) groups excluding carboxylic acids is 1. The molecule has 1 amide bonds. The van der Waals surface area contributed by atoms with Crippen molar-refractivity contribution in [3.63, 3.8) is 0 Å². The minimum atomic E-state index is -0.475. The molecule has 0 atom stereocenters. The number of likely N-dealkylation sites (tertiary alicyclic amines) is 1. The molecule has 0 aliphatic carbocycles. The van der Waals surface area contributed by atoms with Crippen molar-refractivity contribution < 1.29 is 9.53 Å². The summed E-state index contributed by atoms with van der Waals surface area (Å²) in [4.78, 5) is 17.8. The fourth-order valence-corrected chi connectivity index (χ4v) is 2.85. The summed E-state index contributed by atoms with van der Waals surface area (Å²) in [7, 11) is 0. The van der Waals surface area contributed by atoms with E-state index in [9.17, 15) is 4.79 Å². The molecule has 2 rings (SSSR count). The van der Waals surface area contributed by atoms with Crippen LogP contribution in [0.1, 0.15) is 39.2 Å². The molecular formula is C17H21BrClN3O2. The summed E-state index contributed by atoms with van der Waals surface area (Å²) in [6, 6.07) is 0. The van der Waals surface area contributed by atoms with Crippen LogP contribution in [0.3, 0.4) is 0 Å². The number of aromatic nitrogens is 1. The molecule has 1 aromatic heterocycles. The molecule has 1 aliphatic rings. The van der Waals surface area contributed by atoms with Crippen molar-refractivity contribution in [2.24, 2.45) is 5.92 Å². The number of carbonyl (C=O) groups is 1. The molecule has 0 aromatic carbocycles. The predicted molar refractivity (Wildman–Crippen MR) is 98.8 cm³/mol. The zero-order chi connectivity index (χ0) is 17.9. The van der Waals surface area contributed by atoms with Crippen LogP contribution >= 0.6 is 27.5 Å². The highest BCUT2D eigenvalue weighted by Crippen LogP contribution is 2.28. The Labute approximate surface area is 156 Å². The number of anilines is 1. The number of hydrogen-bond acceptors (Lipinski definition) is 4. The van der Waals surface area contributed by atoms with Crippen molar-refractivity contribution >= 4 is 39.4 Å². The lowest BCUT2D eigenvalue weighted by atomic mass is 9.97. The van der Waals surface area contributed by atoms with E-state index in [1.807, 2.05) is 20.8 Å². The Morgan fingerprint density at radius 2 is 2.08 bits per heavy atom. The number of rotatable bonds is 0. The van der Waals surface area contributed by atoms with Gasteiger partial charge < -0.3 is 15.4 Å². The van der Waals surface area contributed by atoms with E-state index in [0.717, 1.165) is 12.8 Å². The maximum absolute atomic E-state index is 12.0. The average molecular weight is 415 g/mol. The van der Waals surface area contributed by atoms with Gasteiger partial charge in [0.15, 0.2) is 0 Å². The lowest BCUT2D eigenvalue weighted by Crippen LogP contribution is -2.41. The highest BCUT2D eigenvalue weighted by molar-refractivity contribution is 9.10. The molecule has 1 aliphatic heterocycles. The number of hydrogen-bond donors (Lipinski definition) is 1. The number of amides is 1. The van der Waals surface area contributed by atoms with Gasteiger partial charge in [-0.3, -0.25) is 0 Å². The van der Waals surface area contributed by atoms with E-state index in [1.165, 1.54) is 6.20 Å². The Hall–Kier alpha value is -1.45. The monoisotopic (exact) mass is 413 g/mol. The SMILES string of the molecule is CC(C)(C)OC(=O)N1CCC(C#Cc2c(N)ncc(Cl)c2Br)CC1. The van der Waals surface area contributed by atoms with E-state index < -0.39 is 5.60 Å². The molecule has 1 saturated heterocycles. The average Bonchev–Trinajstić information content (AvgIpc) is 2.50. The summed E-state index contributed by atoms with van der Waals surface area (Å²) in [6.07, 6.45) is 2.83. The van der Waals surface area contributed by atoms with Gasteiger partial charge in [-0.1, -0.05) is 23.4 Å². The van der Waals surface area contributed by atoms with Gasteiger partial charge in [-0.15, -0.1) is 0 Å². The third kappa shape index (κ3) is 5.02. The van der Waals surface area contributed by atoms with Gasteiger partial charge in [-0.2, -0.15) is 0 Å². The first-order chi connectivity index (χ1) is 11.2. The molecule has 2 heterocycles. The molecule has 1 fully saturated rings. The molecule has 130 valence electrons. The second-order valence-electron chi connectivity index (χ2n) is 6.69. The lowest BCUT2D eigenvalue weighted by Gasteiger charge is -2.31. The van der Waals surface area contributed by atoms with Gasteiger partial charge in [0.05, 0.1) is 15.1 Å². The first-order valence-electron chi connectivity index (χ1n) is 7.76. The second-order valence-corrected chi connectivity index (χ2v) is 7.89. The quantitative estimate of drug-likeness (QED) is 0.650. The summed E-state index contributed by atoms with van der Waals surface area (Å²) in [6.45, 7) is 6.87. The molecule has 0 spiro atoms. The van der Waals surface area contributed by atoms with Crippen LogP contribution in [0.2, 0.25) is 5.02 Å². The second kappa shape index (κ2) is 7.62. The smallest absolute Gasteiger partial charge is 0.410 e. The Morgan fingerprint density at radius 3 is 2.67 bits per heavy atom. The topological polar surface area (TPSA) is 68.5 Å². The Balaban J connectivity index is 1.98. The number of ether oxygens (including phenoxy) is 1. The lowest BCUT2D eigenvalue weighted by molar-refractivity contribution is 0.0199. The van der Waals surface area contributed by atoms with Crippen LogP contribution in [0.5, 0.6) is 0 Å².